The molecule has 25 heavy (non-hydrogen) atoms. The molecule has 2 nitrogen and oxygen atoms in total. The van der Waals surface area contributed by atoms with E-state index in [9.17, 15) is 4.79 Å². The molecule has 3 aliphatic carbocycles. The summed E-state index contributed by atoms with van der Waals surface area (Å²) >= 11 is 0. The molecule has 3 unspecified atom stereocenters. The van der Waals surface area contributed by atoms with Gasteiger partial charge < -0.3 is 5.32 Å². The summed E-state index contributed by atoms with van der Waals surface area (Å²) < 4.78 is 0. The first-order chi connectivity index (χ1) is 11.7. The Bertz CT molecular complexity index is 498. The van der Waals surface area contributed by atoms with Crippen molar-refractivity contribution in [1.82, 2.24) is 5.32 Å². The summed E-state index contributed by atoms with van der Waals surface area (Å²) in [5.74, 6) is 4.43. The number of carbonyl (C=O) groups excluding carboxylic acids is 1. The highest BCUT2D eigenvalue weighted by molar-refractivity contribution is 5.83. The zero-order valence-corrected chi connectivity index (χ0v) is 17.5. The molecule has 0 aromatic carbocycles. The monoisotopic (exact) mass is 347 g/mol. The van der Waals surface area contributed by atoms with Crippen LogP contribution in [-0.2, 0) is 4.79 Å². The quantitative estimate of drug-likeness (QED) is 0.686. The first-order valence-corrected chi connectivity index (χ1v) is 11.0. The standard InChI is InChI=1S/C23H41NO/c1-15(2)17-8-10-19-18(14-17)9-11-20-22(19,5)12-7-13-23(20,6)21(25)24-16(3)4/h15-20H,7-14H2,1-6H3,(H,24,25)/t17?,18?,19-,20?,22+,23+/m0/s1. The van der Waals surface area contributed by atoms with Crippen molar-refractivity contribution in [3.05, 3.63) is 0 Å². The van der Waals surface area contributed by atoms with Crippen molar-refractivity contribution in [2.75, 3.05) is 0 Å². The van der Waals surface area contributed by atoms with Gasteiger partial charge in [0.1, 0.15) is 0 Å². The molecule has 0 heterocycles. The minimum Gasteiger partial charge on any atom is -0.353 e. The van der Waals surface area contributed by atoms with Crippen molar-refractivity contribution in [2.24, 2.45) is 40.4 Å². The minimum atomic E-state index is -0.156. The number of nitrogens with one attached hydrogen (secondary N) is 1. The molecule has 0 spiro atoms. The highest BCUT2D eigenvalue weighted by Crippen LogP contribution is 2.64. The van der Waals surface area contributed by atoms with E-state index in [0.717, 1.165) is 30.1 Å². The normalized spacial score (nSPS) is 44.3. The van der Waals surface area contributed by atoms with Gasteiger partial charge in [0.15, 0.2) is 0 Å². The van der Waals surface area contributed by atoms with E-state index in [1.165, 1.54) is 44.9 Å². The Hall–Kier alpha value is -0.530. The molecule has 0 bridgehead atoms. The second kappa shape index (κ2) is 6.89. The second-order valence-electron chi connectivity index (χ2n) is 10.7. The molecule has 0 aromatic heterocycles. The third-order valence-corrected chi connectivity index (χ3v) is 8.55. The van der Waals surface area contributed by atoms with Crippen molar-refractivity contribution in [2.45, 2.75) is 99.0 Å². The van der Waals surface area contributed by atoms with Crippen molar-refractivity contribution in [3.63, 3.8) is 0 Å². The van der Waals surface area contributed by atoms with E-state index < -0.39 is 0 Å². The van der Waals surface area contributed by atoms with Crippen molar-refractivity contribution < 1.29 is 4.79 Å². The number of hydrogen-bond acceptors (Lipinski definition) is 1. The Morgan fingerprint density at radius 3 is 2.36 bits per heavy atom. The number of amides is 1. The summed E-state index contributed by atoms with van der Waals surface area (Å²) in [6, 6.07) is 0.246. The average Bonchev–Trinajstić information content (AvgIpc) is 2.53. The molecule has 0 saturated heterocycles. The number of fused-ring (bicyclic) bond motifs is 3. The zero-order valence-electron chi connectivity index (χ0n) is 17.5. The van der Waals surface area contributed by atoms with Gasteiger partial charge in [0.2, 0.25) is 5.91 Å². The van der Waals surface area contributed by atoms with Gasteiger partial charge in [0.05, 0.1) is 0 Å². The van der Waals surface area contributed by atoms with Gasteiger partial charge in [-0.1, -0.05) is 34.1 Å². The molecule has 3 fully saturated rings. The van der Waals surface area contributed by atoms with Crippen LogP contribution in [0.25, 0.3) is 0 Å². The lowest BCUT2D eigenvalue weighted by Gasteiger charge is -2.61. The fraction of sp³-hybridized carbons (Fsp3) is 0.957. The minimum absolute atomic E-state index is 0.156. The first kappa shape index (κ1) is 19.2. The van der Waals surface area contributed by atoms with Crippen LogP contribution in [0.15, 0.2) is 0 Å². The van der Waals surface area contributed by atoms with Crippen LogP contribution in [0.3, 0.4) is 0 Å². The SMILES string of the molecule is CC(C)NC(=O)[C@]1(C)CCC[C@@]2(C)C1CCC1CC(C(C)C)CC[C@@H]12. The smallest absolute Gasteiger partial charge is 0.226 e. The van der Waals surface area contributed by atoms with Gasteiger partial charge >= 0.3 is 0 Å². The van der Waals surface area contributed by atoms with Gasteiger partial charge in [-0.05, 0) is 93.8 Å². The van der Waals surface area contributed by atoms with Crippen LogP contribution in [-0.4, -0.2) is 11.9 Å². The largest absolute Gasteiger partial charge is 0.353 e. The molecule has 0 radical (unpaired) electrons. The maximum atomic E-state index is 13.1. The van der Waals surface area contributed by atoms with Crippen LogP contribution in [0.1, 0.15) is 92.9 Å². The van der Waals surface area contributed by atoms with Crippen LogP contribution >= 0.6 is 0 Å². The highest BCUT2D eigenvalue weighted by atomic mass is 16.2. The lowest BCUT2D eigenvalue weighted by atomic mass is 9.43. The van der Waals surface area contributed by atoms with E-state index in [1.54, 1.807) is 0 Å². The van der Waals surface area contributed by atoms with Crippen LogP contribution in [0.2, 0.25) is 0 Å². The lowest BCUT2D eigenvalue weighted by Crippen LogP contribution is -2.58. The Morgan fingerprint density at radius 1 is 1.00 bits per heavy atom. The van der Waals surface area contributed by atoms with E-state index in [4.69, 9.17) is 0 Å². The van der Waals surface area contributed by atoms with Gasteiger partial charge in [-0.3, -0.25) is 4.79 Å². The zero-order chi connectivity index (χ0) is 18.4. The van der Waals surface area contributed by atoms with Gasteiger partial charge in [-0.2, -0.15) is 0 Å². The average molecular weight is 348 g/mol. The Kier molecular flexibility index (Phi) is 5.30. The number of carbonyl (C=O) groups is 1. The van der Waals surface area contributed by atoms with Crippen LogP contribution < -0.4 is 5.32 Å². The molecule has 1 amide bonds. The summed E-state index contributed by atoms with van der Waals surface area (Å²) in [6.07, 6.45) is 10.5. The molecular weight excluding hydrogens is 306 g/mol. The van der Waals surface area contributed by atoms with Crippen LogP contribution in [0, 0.1) is 40.4 Å². The van der Waals surface area contributed by atoms with Crippen molar-refractivity contribution in [1.29, 1.82) is 0 Å². The Balaban J connectivity index is 1.83. The fourth-order valence-electron chi connectivity index (χ4n) is 7.18. The van der Waals surface area contributed by atoms with E-state index in [-0.39, 0.29) is 11.5 Å². The molecule has 6 atom stereocenters. The van der Waals surface area contributed by atoms with Gasteiger partial charge in [-0.25, -0.2) is 0 Å². The third kappa shape index (κ3) is 3.28. The molecular formula is C23H41NO. The Labute approximate surface area is 155 Å². The molecule has 2 heteroatoms. The van der Waals surface area contributed by atoms with Crippen molar-refractivity contribution in [3.8, 4) is 0 Å². The molecule has 0 aromatic rings. The predicted molar refractivity (Wildman–Crippen MR) is 105 cm³/mol. The predicted octanol–water partition coefficient (Wildman–Crippen LogP) is 5.81. The molecule has 3 aliphatic rings. The van der Waals surface area contributed by atoms with E-state index in [2.05, 4.69) is 46.9 Å². The summed E-state index contributed by atoms with van der Waals surface area (Å²) in [4.78, 5) is 13.1. The van der Waals surface area contributed by atoms with Gasteiger partial charge in [0, 0.05) is 11.5 Å². The maximum absolute atomic E-state index is 13.1. The Morgan fingerprint density at radius 2 is 1.72 bits per heavy atom. The molecule has 3 rings (SSSR count). The van der Waals surface area contributed by atoms with Crippen LogP contribution in [0.5, 0.6) is 0 Å². The highest BCUT2D eigenvalue weighted by Gasteiger charge is 2.59. The lowest BCUT2D eigenvalue weighted by molar-refractivity contribution is -0.157. The topological polar surface area (TPSA) is 29.1 Å². The fourth-order valence-corrected chi connectivity index (χ4v) is 7.18. The van der Waals surface area contributed by atoms with Crippen molar-refractivity contribution >= 4 is 5.91 Å². The first-order valence-electron chi connectivity index (χ1n) is 11.0. The summed E-state index contributed by atoms with van der Waals surface area (Å²) in [7, 11) is 0. The van der Waals surface area contributed by atoms with E-state index in [1.807, 2.05) is 0 Å². The molecule has 0 aliphatic heterocycles. The van der Waals surface area contributed by atoms with Gasteiger partial charge in [-0.15, -0.1) is 0 Å². The number of hydrogen-bond donors (Lipinski definition) is 1. The van der Waals surface area contributed by atoms with Gasteiger partial charge in [0.25, 0.3) is 0 Å². The molecule has 144 valence electrons. The maximum Gasteiger partial charge on any atom is 0.226 e. The molecule has 1 N–H and O–H groups in total. The van der Waals surface area contributed by atoms with Crippen LogP contribution in [0.4, 0.5) is 0 Å². The summed E-state index contributed by atoms with van der Waals surface area (Å²) in [5, 5.41) is 3.26. The number of rotatable bonds is 3. The molecule has 3 saturated carbocycles. The third-order valence-electron chi connectivity index (χ3n) is 8.55. The van der Waals surface area contributed by atoms with E-state index in [0.29, 0.717) is 17.2 Å². The second-order valence-corrected chi connectivity index (χ2v) is 10.7. The summed E-state index contributed by atoms with van der Waals surface area (Å²) in [5.41, 5.74) is 0.226. The summed E-state index contributed by atoms with van der Waals surface area (Å²) in [6.45, 7) is 13.8. The van der Waals surface area contributed by atoms with E-state index >= 15 is 0 Å².